The Hall–Kier alpha value is -2.04. The van der Waals surface area contributed by atoms with Crippen LogP contribution < -0.4 is 10.1 Å². The van der Waals surface area contributed by atoms with Gasteiger partial charge in [0.25, 0.3) is 0 Å². The molecule has 0 aliphatic heterocycles. The van der Waals surface area contributed by atoms with Crippen LogP contribution in [0.15, 0.2) is 48.5 Å². The highest BCUT2D eigenvalue weighted by Crippen LogP contribution is 2.11. The van der Waals surface area contributed by atoms with Gasteiger partial charge in [-0.05, 0) is 42.3 Å². The van der Waals surface area contributed by atoms with Crippen LogP contribution in [0.3, 0.4) is 0 Å². The maximum Gasteiger partial charge on any atom is 0.338 e. The second-order valence-corrected chi connectivity index (χ2v) is 4.87. The summed E-state index contributed by atoms with van der Waals surface area (Å²) in [4.78, 5) is 11.6. The molecule has 0 saturated heterocycles. The van der Waals surface area contributed by atoms with Crippen LogP contribution in [0.2, 0.25) is 0 Å². The van der Waals surface area contributed by atoms with Gasteiger partial charge in [-0.2, -0.15) is 0 Å². The number of halogens is 1. The van der Waals surface area contributed by atoms with Gasteiger partial charge in [0.05, 0.1) is 19.3 Å². The SMILES string of the molecule is CCOC(=O)c1ccc(CNCc2ccc(OC)cc2)cc1.Cl. The number of hydrogen-bond acceptors (Lipinski definition) is 4. The number of carbonyl (C=O) groups excluding carboxylic acids is 1. The lowest BCUT2D eigenvalue weighted by atomic mass is 10.1. The Morgan fingerprint density at radius 1 is 0.957 bits per heavy atom. The van der Waals surface area contributed by atoms with E-state index in [9.17, 15) is 4.79 Å². The number of carbonyl (C=O) groups is 1. The van der Waals surface area contributed by atoms with E-state index in [1.165, 1.54) is 5.56 Å². The summed E-state index contributed by atoms with van der Waals surface area (Å²) in [7, 11) is 1.66. The number of ether oxygens (including phenoxy) is 2. The van der Waals surface area contributed by atoms with Crippen LogP contribution in [-0.4, -0.2) is 19.7 Å². The molecule has 2 aromatic carbocycles. The maximum absolute atomic E-state index is 11.6. The molecule has 2 rings (SSSR count). The molecule has 124 valence electrons. The quantitative estimate of drug-likeness (QED) is 0.786. The molecule has 4 nitrogen and oxygen atoms in total. The molecule has 0 unspecified atom stereocenters. The van der Waals surface area contributed by atoms with Gasteiger partial charge >= 0.3 is 5.97 Å². The van der Waals surface area contributed by atoms with Crippen molar-refractivity contribution in [3.05, 3.63) is 65.2 Å². The molecule has 0 radical (unpaired) electrons. The molecule has 0 saturated carbocycles. The first-order valence-electron chi connectivity index (χ1n) is 7.32. The van der Waals surface area contributed by atoms with Gasteiger partial charge in [-0.1, -0.05) is 24.3 Å². The summed E-state index contributed by atoms with van der Waals surface area (Å²) in [5.74, 6) is 0.582. The molecule has 5 heteroatoms. The smallest absolute Gasteiger partial charge is 0.338 e. The van der Waals surface area contributed by atoms with Crippen LogP contribution in [0.4, 0.5) is 0 Å². The molecule has 0 amide bonds. The predicted octanol–water partition coefficient (Wildman–Crippen LogP) is 3.58. The highest BCUT2D eigenvalue weighted by Gasteiger charge is 2.05. The minimum Gasteiger partial charge on any atom is -0.497 e. The number of nitrogens with one attached hydrogen (secondary N) is 1. The third-order valence-corrected chi connectivity index (χ3v) is 3.28. The molecule has 23 heavy (non-hydrogen) atoms. The Balaban J connectivity index is 0.00000264. The number of methoxy groups -OCH3 is 1. The van der Waals surface area contributed by atoms with Crippen LogP contribution in [-0.2, 0) is 17.8 Å². The highest BCUT2D eigenvalue weighted by molar-refractivity contribution is 5.89. The van der Waals surface area contributed by atoms with E-state index in [4.69, 9.17) is 9.47 Å². The molecule has 1 N–H and O–H groups in total. The van der Waals surface area contributed by atoms with Crippen molar-refractivity contribution in [3.63, 3.8) is 0 Å². The topological polar surface area (TPSA) is 47.6 Å². The molecule has 0 aliphatic rings. The second-order valence-electron chi connectivity index (χ2n) is 4.87. The number of esters is 1. The maximum atomic E-state index is 11.6. The lowest BCUT2D eigenvalue weighted by Gasteiger charge is -2.07. The van der Waals surface area contributed by atoms with Crippen molar-refractivity contribution in [2.45, 2.75) is 20.0 Å². The summed E-state index contributed by atoms with van der Waals surface area (Å²) in [6.07, 6.45) is 0. The first-order chi connectivity index (χ1) is 10.7. The van der Waals surface area contributed by atoms with Crippen LogP contribution in [0, 0.1) is 0 Å². The number of benzene rings is 2. The van der Waals surface area contributed by atoms with Gasteiger partial charge in [0, 0.05) is 13.1 Å². The minimum atomic E-state index is -0.278. The zero-order valence-corrected chi connectivity index (χ0v) is 14.2. The van der Waals surface area contributed by atoms with Gasteiger partial charge in [-0.15, -0.1) is 12.4 Å². The third kappa shape index (κ3) is 5.93. The normalized spacial score (nSPS) is 9.83. The average Bonchev–Trinajstić information content (AvgIpc) is 2.56. The molecular weight excluding hydrogens is 314 g/mol. The van der Waals surface area contributed by atoms with Crippen molar-refractivity contribution in [2.24, 2.45) is 0 Å². The van der Waals surface area contributed by atoms with Crippen molar-refractivity contribution in [2.75, 3.05) is 13.7 Å². The van der Waals surface area contributed by atoms with Crippen LogP contribution >= 0.6 is 12.4 Å². The van der Waals surface area contributed by atoms with E-state index in [2.05, 4.69) is 5.32 Å². The summed E-state index contributed by atoms with van der Waals surface area (Å²) in [5, 5.41) is 3.37. The molecule has 0 fully saturated rings. The summed E-state index contributed by atoms with van der Waals surface area (Å²) >= 11 is 0. The van der Waals surface area contributed by atoms with Crippen molar-refractivity contribution < 1.29 is 14.3 Å². The third-order valence-electron chi connectivity index (χ3n) is 3.28. The minimum absolute atomic E-state index is 0. The van der Waals surface area contributed by atoms with E-state index in [1.807, 2.05) is 36.4 Å². The zero-order valence-electron chi connectivity index (χ0n) is 13.4. The van der Waals surface area contributed by atoms with Crippen molar-refractivity contribution in [3.8, 4) is 5.75 Å². The summed E-state index contributed by atoms with van der Waals surface area (Å²) < 4.78 is 10.1. The molecule has 0 aliphatic carbocycles. The molecular formula is C18H22ClNO3. The molecule has 0 atom stereocenters. The monoisotopic (exact) mass is 335 g/mol. The van der Waals surface area contributed by atoms with Gasteiger partial charge in [0.2, 0.25) is 0 Å². The zero-order chi connectivity index (χ0) is 15.8. The fourth-order valence-electron chi connectivity index (χ4n) is 2.07. The van der Waals surface area contributed by atoms with Gasteiger partial charge < -0.3 is 14.8 Å². The standard InChI is InChI=1S/C18H21NO3.ClH/c1-3-22-18(20)16-8-4-14(5-9-16)12-19-13-15-6-10-17(21-2)11-7-15;/h4-11,19H,3,12-13H2,1-2H3;1H. The van der Waals surface area contributed by atoms with Crippen LogP contribution in [0.1, 0.15) is 28.4 Å². The van der Waals surface area contributed by atoms with E-state index in [-0.39, 0.29) is 18.4 Å². The van der Waals surface area contributed by atoms with Crippen molar-refractivity contribution in [1.29, 1.82) is 0 Å². The molecule has 0 bridgehead atoms. The largest absolute Gasteiger partial charge is 0.497 e. The predicted molar refractivity (Wildman–Crippen MR) is 93.2 cm³/mol. The first kappa shape index (κ1) is 19.0. The molecule has 0 heterocycles. The molecule has 0 aromatic heterocycles. The Labute approximate surface area is 143 Å². The Kier molecular flexibility index (Phi) is 8.16. The van der Waals surface area contributed by atoms with Crippen molar-refractivity contribution >= 4 is 18.4 Å². The lowest BCUT2D eigenvalue weighted by Crippen LogP contribution is -2.13. The molecule has 2 aromatic rings. The summed E-state index contributed by atoms with van der Waals surface area (Å²) in [5.41, 5.74) is 2.91. The van der Waals surface area contributed by atoms with E-state index in [1.54, 1.807) is 26.2 Å². The van der Waals surface area contributed by atoms with E-state index in [0.717, 1.165) is 24.4 Å². The second kappa shape index (κ2) is 9.87. The summed E-state index contributed by atoms with van der Waals surface area (Å²) in [6, 6.07) is 15.4. The van der Waals surface area contributed by atoms with E-state index in [0.29, 0.717) is 12.2 Å². The fraction of sp³-hybridized carbons (Fsp3) is 0.278. The van der Waals surface area contributed by atoms with Crippen LogP contribution in [0.5, 0.6) is 5.75 Å². The van der Waals surface area contributed by atoms with Gasteiger partial charge in [0.15, 0.2) is 0 Å². The van der Waals surface area contributed by atoms with Gasteiger partial charge in [-0.3, -0.25) is 0 Å². The average molecular weight is 336 g/mol. The number of rotatable bonds is 7. The summed E-state index contributed by atoms with van der Waals surface area (Å²) in [6.45, 7) is 3.72. The highest BCUT2D eigenvalue weighted by atomic mass is 35.5. The first-order valence-corrected chi connectivity index (χ1v) is 7.32. The van der Waals surface area contributed by atoms with E-state index < -0.39 is 0 Å². The van der Waals surface area contributed by atoms with E-state index >= 15 is 0 Å². The van der Waals surface area contributed by atoms with Crippen LogP contribution in [0.25, 0.3) is 0 Å². The fourth-order valence-corrected chi connectivity index (χ4v) is 2.07. The lowest BCUT2D eigenvalue weighted by molar-refractivity contribution is 0.0526. The molecule has 0 spiro atoms. The number of hydrogen-bond donors (Lipinski definition) is 1. The van der Waals surface area contributed by atoms with Crippen molar-refractivity contribution in [1.82, 2.24) is 5.32 Å². The Bertz CT molecular complexity index is 597. The van der Waals surface area contributed by atoms with Gasteiger partial charge in [-0.25, -0.2) is 4.79 Å². The van der Waals surface area contributed by atoms with Gasteiger partial charge in [0.1, 0.15) is 5.75 Å². The Morgan fingerprint density at radius 2 is 1.48 bits per heavy atom. The Morgan fingerprint density at radius 3 is 1.96 bits per heavy atom.